The van der Waals surface area contributed by atoms with Gasteiger partial charge in [-0.1, -0.05) is 36.8 Å². The van der Waals surface area contributed by atoms with E-state index in [0.717, 1.165) is 17.4 Å². The smallest absolute Gasteiger partial charge is 0.0136 e. The maximum absolute atomic E-state index is 6.27. The average Bonchev–Trinajstić information content (AvgIpc) is 2.38. The molecule has 2 heteroatoms. The molecule has 0 spiro atoms. The standard InChI is InChI=1S/C18H27NS/c1-14-7-4-8-16(15(14)2)9-6-12-20-17-10-5-11-18(3,19)13-17/h4,6-9,17H,5,10-13,19H2,1-3H3/b9-6-. The van der Waals surface area contributed by atoms with Crippen LogP contribution in [0.2, 0.25) is 0 Å². The minimum absolute atomic E-state index is 0.0623. The topological polar surface area (TPSA) is 26.0 Å². The highest BCUT2D eigenvalue weighted by molar-refractivity contribution is 8.00. The number of thioether (sulfide) groups is 1. The third-order valence-electron chi connectivity index (χ3n) is 4.34. The molecular weight excluding hydrogens is 262 g/mol. The Hall–Kier alpha value is -0.730. The minimum atomic E-state index is 0.0623. The van der Waals surface area contributed by atoms with Gasteiger partial charge in [0.15, 0.2) is 0 Å². The molecule has 0 radical (unpaired) electrons. The molecule has 0 saturated heterocycles. The lowest BCUT2D eigenvalue weighted by Crippen LogP contribution is -2.42. The highest BCUT2D eigenvalue weighted by Crippen LogP contribution is 2.33. The van der Waals surface area contributed by atoms with E-state index in [2.05, 4.69) is 62.9 Å². The van der Waals surface area contributed by atoms with Crippen molar-refractivity contribution in [3.8, 4) is 0 Å². The second kappa shape index (κ2) is 6.82. The van der Waals surface area contributed by atoms with Crippen LogP contribution in [0.1, 0.15) is 49.3 Å². The van der Waals surface area contributed by atoms with Crippen molar-refractivity contribution >= 4 is 17.8 Å². The first-order chi connectivity index (χ1) is 9.48. The van der Waals surface area contributed by atoms with E-state index in [4.69, 9.17) is 5.73 Å². The molecule has 1 aromatic carbocycles. The van der Waals surface area contributed by atoms with Gasteiger partial charge < -0.3 is 5.73 Å². The van der Waals surface area contributed by atoms with E-state index in [1.807, 2.05) is 0 Å². The molecular formula is C18H27NS. The SMILES string of the molecule is Cc1cccc(/C=C\CSC2CCCC(C)(N)C2)c1C. The number of hydrogen-bond acceptors (Lipinski definition) is 2. The molecule has 1 aromatic rings. The quantitative estimate of drug-likeness (QED) is 0.868. The van der Waals surface area contributed by atoms with Crippen LogP contribution in [0.25, 0.3) is 6.08 Å². The molecule has 1 aliphatic rings. The fourth-order valence-corrected chi connectivity index (χ4v) is 4.23. The molecule has 20 heavy (non-hydrogen) atoms. The van der Waals surface area contributed by atoms with Gasteiger partial charge >= 0.3 is 0 Å². The zero-order valence-corrected chi connectivity index (χ0v) is 13.8. The van der Waals surface area contributed by atoms with E-state index in [1.165, 1.54) is 36.0 Å². The number of rotatable bonds is 4. The number of aryl methyl sites for hydroxylation is 1. The second-order valence-corrected chi connectivity index (χ2v) is 7.73. The highest BCUT2D eigenvalue weighted by Gasteiger charge is 2.28. The number of benzene rings is 1. The molecule has 0 bridgehead atoms. The molecule has 0 aliphatic heterocycles. The van der Waals surface area contributed by atoms with E-state index in [1.54, 1.807) is 0 Å². The zero-order chi connectivity index (χ0) is 14.6. The first kappa shape index (κ1) is 15.7. The predicted molar refractivity (Wildman–Crippen MR) is 92.3 cm³/mol. The fraction of sp³-hybridized carbons (Fsp3) is 0.556. The van der Waals surface area contributed by atoms with Gasteiger partial charge in [-0.2, -0.15) is 11.8 Å². The van der Waals surface area contributed by atoms with Crippen LogP contribution >= 0.6 is 11.8 Å². The summed E-state index contributed by atoms with van der Waals surface area (Å²) in [4.78, 5) is 0. The van der Waals surface area contributed by atoms with Crippen molar-refractivity contribution < 1.29 is 0 Å². The van der Waals surface area contributed by atoms with E-state index in [-0.39, 0.29) is 5.54 Å². The average molecular weight is 289 g/mol. The molecule has 2 N–H and O–H groups in total. The van der Waals surface area contributed by atoms with Crippen LogP contribution in [-0.2, 0) is 0 Å². The molecule has 0 heterocycles. The Bertz CT molecular complexity index is 476. The maximum Gasteiger partial charge on any atom is 0.0136 e. The molecule has 0 aromatic heterocycles. The van der Waals surface area contributed by atoms with Gasteiger partial charge in [0, 0.05) is 16.5 Å². The Morgan fingerprint density at radius 3 is 2.95 bits per heavy atom. The lowest BCUT2D eigenvalue weighted by molar-refractivity contribution is 0.330. The first-order valence-corrected chi connectivity index (χ1v) is 8.66. The van der Waals surface area contributed by atoms with Gasteiger partial charge in [0.2, 0.25) is 0 Å². The molecule has 0 amide bonds. The summed E-state index contributed by atoms with van der Waals surface area (Å²) in [6, 6.07) is 6.50. The minimum Gasteiger partial charge on any atom is -0.325 e. The Morgan fingerprint density at radius 1 is 1.40 bits per heavy atom. The molecule has 2 rings (SSSR count). The molecule has 1 saturated carbocycles. The molecule has 110 valence electrons. The molecule has 1 nitrogen and oxygen atoms in total. The van der Waals surface area contributed by atoms with E-state index in [9.17, 15) is 0 Å². The van der Waals surface area contributed by atoms with Gasteiger partial charge in [0.1, 0.15) is 0 Å². The summed E-state index contributed by atoms with van der Waals surface area (Å²) >= 11 is 2.06. The van der Waals surface area contributed by atoms with Gasteiger partial charge in [-0.05, 0) is 56.7 Å². The van der Waals surface area contributed by atoms with Gasteiger partial charge in [0.25, 0.3) is 0 Å². The lowest BCUT2D eigenvalue weighted by atomic mass is 9.84. The molecule has 2 unspecified atom stereocenters. The van der Waals surface area contributed by atoms with Crippen LogP contribution in [0.15, 0.2) is 24.3 Å². The Morgan fingerprint density at radius 2 is 2.20 bits per heavy atom. The Balaban J connectivity index is 1.83. The summed E-state index contributed by atoms with van der Waals surface area (Å²) in [7, 11) is 0. The third-order valence-corrected chi connectivity index (χ3v) is 5.60. The lowest BCUT2D eigenvalue weighted by Gasteiger charge is -2.34. The van der Waals surface area contributed by atoms with Crippen LogP contribution in [0, 0.1) is 13.8 Å². The fourth-order valence-electron chi connectivity index (χ4n) is 2.92. The monoisotopic (exact) mass is 289 g/mol. The van der Waals surface area contributed by atoms with Crippen molar-refractivity contribution in [3.63, 3.8) is 0 Å². The van der Waals surface area contributed by atoms with Crippen LogP contribution < -0.4 is 5.73 Å². The van der Waals surface area contributed by atoms with Gasteiger partial charge in [-0.25, -0.2) is 0 Å². The van der Waals surface area contributed by atoms with Crippen LogP contribution in [0.4, 0.5) is 0 Å². The molecule has 1 fully saturated rings. The molecule has 2 atom stereocenters. The number of nitrogens with two attached hydrogens (primary N) is 1. The summed E-state index contributed by atoms with van der Waals surface area (Å²) in [6.45, 7) is 6.57. The largest absolute Gasteiger partial charge is 0.325 e. The first-order valence-electron chi connectivity index (χ1n) is 7.61. The van der Waals surface area contributed by atoms with Gasteiger partial charge in [-0.3, -0.25) is 0 Å². The van der Waals surface area contributed by atoms with Crippen LogP contribution in [0.3, 0.4) is 0 Å². The van der Waals surface area contributed by atoms with Crippen molar-refractivity contribution in [3.05, 3.63) is 41.0 Å². The van der Waals surface area contributed by atoms with Crippen molar-refractivity contribution in [1.29, 1.82) is 0 Å². The Kier molecular flexibility index (Phi) is 5.34. The summed E-state index contributed by atoms with van der Waals surface area (Å²) < 4.78 is 0. The summed E-state index contributed by atoms with van der Waals surface area (Å²) in [6.07, 6.45) is 9.52. The number of hydrogen-bond donors (Lipinski definition) is 1. The second-order valence-electron chi connectivity index (χ2n) is 6.40. The summed E-state index contributed by atoms with van der Waals surface area (Å²) in [5.74, 6) is 1.09. The van der Waals surface area contributed by atoms with Crippen molar-refractivity contribution in [2.45, 2.75) is 57.2 Å². The van der Waals surface area contributed by atoms with Crippen molar-refractivity contribution in [2.24, 2.45) is 5.73 Å². The normalized spacial score (nSPS) is 27.1. The summed E-state index contributed by atoms with van der Waals surface area (Å²) in [5, 5.41) is 0.738. The van der Waals surface area contributed by atoms with Crippen LogP contribution in [-0.4, -0.2) is 16.5 Å². The van der Waals surface area contributed by atoms with Gasteiger partial charge in [0.05, 0.1) is 0 Å². The third kappa shape index (κ3) is 4.39. The van der Waals surface area contributed by atoms with E-state index < -0.39 is 0 Å². The van der Waals surface area contributed by atoms with E-state index in [0.29, 0.717) is 0 Å². The zero-order valence-electron chi connectivity index (χ0n) is 13.0. The maximum atomic E-state index is 6.27. The van der Waals surface area contributed by atoms with E-state index >= 15 is 0 Å². The molecule has 1 aliphatic carbocycles. The van der Waals surface area contributed by atoms with Crippen molar-refractivity contribution in [1.82, 2.24) is 0 Å². The predicted octanol–water partition coefficient (Wildman–Crippen LogP) is 4.71. The van der Waals surface area contributed by atoms with Crippen molar-refractivity contribution in [2.75, 3.05) is 5.75 Å². The summed E-state index contributed by atoms with van der Waals surface area (Å²) in [5.41, 5.74) is 10.4. The van der Waals surface area contributed by atoms with Crippen LogP contribution in [0.5, 0.6) is 0 Å². The Labute approximate surface area is 128 Å². The van der Waals surface area contributed by atoms with Gasteiger partial charge in [-0.15, -0.1) is 0 Å². The highest BCUT2D eigenvalue weighted by atomic mass is 32.2.